The lowest BCUT2D eigenvalue weighted by Gasteiger charge is -2.03. The summed E-state index contributed by atoms with van der Waals surface area (Å²) in [6, 6.07) is 15.7. The smallest absolute Gasteiger partial charge is 0.270 e. The van der Waals surface area contributed by atoms with E-state index in [-0.39, 0.29) is 5.69 Å². The molecule has 0 aliphatic carbocycles. The number of nitrogens with one attached hydrogen (secondary N) is 3. The van der Waals surface area contributed by atoms with Gasteiger partial charge >= 0.3 is 0 Å². The van der Waals surface area contributed by atoms with Crippen LogP contribution >= 0.6 is 12.2 Å². The number of non-ortho nitro benzene ring substituents is 1. The molecule has 0 saturated heterocycles. The van der Waals surface area contributed by atoms with Crippen LogP contribution in [0, 0.1) is 10.1 Å². The number of anilines is 1. The molecule has 7 heteroatoms. The first-order valence-electron chi connectivity index (χ1n) is 6.10. The molecule has 0 fully saturated rings. The summed E-state index contributed by atoms with van der Waals surface area (Å²) < 4.78 is 0. The molecule has 0 amide bonds. The summed E-state index contributed by atoms with van der Waals surface area (Å²) in [5.74, 6) is 0. The third kappa shape index (κ3) is 4.66. The molecule has 0 aliphatic heterocycles. The minimum Gasteiger partial charge on any atom is -0.328 e. The average molecular weight is 301 g/mol. The van der Waals surface area contributed by atoms with Gasteiger partial charge in [0.25, 0.3) is 5.69 Å². The number of hydrazone groups is 1. The van der Waals surface area contributed by atoms with Crippen LogP contribution in [0.25, 0.3) is 0 Å². The molecule has 0 aromatic heterocycles. The number of nitro groups is 1. The second-order valence-corrected chi connectivity index (χ2v) is 4.49. The van der Waals surface area contributed by atoms with E-state index in [1.165, 1.54) is 12.1 Å². The number of benzene rings is 2. The molecule has 0 heterocycles. The fourth-order valence-electron chi connectivity index (χ4n) is 1.60. The Bertz CT molecular complexity index is 674. The van der Waals surface area contributed by atoms with Gasteiger partial charge in [0, 0.05) is 23.4 Å². The van der Waals surface area contributed by atoms with Gasteiger partial charge in [-0.05, 0) is 30.4 Å². The second-order valence-electron chi connectivity index (χ2n) is 4.09. The Morgan fingerprint density at radius 3 is 2.67 bits per heavy atom. The van der Waals surface area contributed by atoms with Gasteiger partial charge < -0.3 is 5.32 Å². The third-order valence-corrected chi connectivity index (χ3v) is 2.74. The topological polar surface area (TPSA) is 81.2 Å². The Labute approximate surface area is 126 Å². The molecule has 0 atom stereocenters. The number of rotatable bonds is 4. The molecular formula is C14H13N4O2S+. The Morgan fingerprint density at radius 1 is 1.19 bits per heavy atom. The fourth-order valence-corrected chi connectivity index (χ4v) is 1.77. The van der Waals surface area contributed by atoms with Crippen LogP contribution in [0.2, 0.25) is 0 Å². The highest BCUT2D eigenvalue weighted by Gasteiger charge is 2.05. The summed E-state index contributed by atoms with van der Waals surface area (Å²) in [5, 5.41) is 16.8. The van der Waals surface area contributed by atoms with Gasteiger partial charge in [-0.3, -0.25) is 10.1 Å². The summed E-state index contributed by atoms with van der Waals surface area (Å²) in [6.07, 6.45) is 1.59. The zero-order valence-electron chi connectivity index (χ0n) is 10.9. The highest BCUT2D eigenvalue weighted by atomic mass is 32.1. The van der Waals surface area contributed by atoms with Gasteiger partial charge in [0.05, 0.1) is 4.92 Å². The Hall–Kier alpha value is -2.80. The number of para-hydroxylation sites is 1. The van der Waals surface area contributed by atoms with Crippen molar-refractivity contribution in [1.29, 1.82) is 0 Å². The number of hydrazine groups is 1. The maximum absolute atomic E-state index is 10.7. The zero-order valence-corrected chi connectivity index (χ0v) is 11.8. The van der Waals surface area contributed by atoms with Crippen molar-refractivity contribution in [2.75, 3.05) is 5.32 Å². The molecule has 3 N–H and O–H groups in total. The van der Waals surface area contributed by atoms with Crippen LogP contribution < -0.4 is 15.8 Å². The van der Waals surface area contributed by atoms with Crippen LogP contribution in [-0.2, 0) is 0 Å². The minimum absolute atomic E-state index is 0.0375. The van der Waals surface area contributed by atoms with E-state index in [4.69, 9.17) is 12.2 Å². The van der Waals surface area contributed by atoms with E-state index in [9.17, 15) is 10.1 Å². The van der Waals surface area contributed by atoms with Crippen molar-refractivity contribution < 1.29 is 10.0 Å². The molecule has 0 bridgehead atoms. The van der Waals surface area contributed by atoms with Gasteiger partial charge in [0.15, 0.2) is 6.21 Å². The standard InChI is InChI=1S/C14H12N4O2S/c19-18(20)13-8-4-5-11(9-13)10-15-17-14(21)16-12-6-2-1-3-7-12/h1-10H,(H2,16,17,21)/p+1. The molecule has 2 rings (SSSR count). The molecule has 0 radical (unpaired) electrons. The largest absolute Gasteiger partial charge is 0.328 e. The normalized spacial score (nSPS) is 10.3. The lowest BCUT2D eigenvalue weighted by Crippen LogP contribution is -2.82. The molecule has 0 unspecified atom stereocenters. The maximum atomic E-state index is 10.7. The van der Waals surface area contributed by atoms with Crippen molar-refractivity contribution in [3.63, 3.8) is 0 Å². The van der Waals surface area contributed by atoms with Gasteiger partial charge in [-0.2, -0.15) is 0 Å². The van der Waals surface area contributed by atoms with Crippen LogP contribution in [-0.4, -0.2) is 16.3 Å². The number of thiocarbonyl (C=S) groups is 1. The van der Waals surface area contributed by atoms with E-state index >= 15 is 0 Å². The Kier molecular flexibility index (Phi) is 4.94. The van der Waals surface area contributed by atoms with Crippen LogP contribution in [0.4, 0.5) is 11.4 Å². The fraction of sp³-hybridized carbons (Fsp3) is 0. The molecule has 0 aliphatic rings. The van der Waals surface area contributed by atoms with E-state index in [0.29, 0.717) is 10.7 Å². The predicted molar refractivity (Wildman–Crippen MR) is 85.0 cm³/mol. The molecule has 6 nitrogen and oxygen atoms in total. The second kappa shape index (κ2) is 7.11. The Balaban J connectivity index is 1.91. The van der Waals surface area contributed by atoms with Crippen molar-refractivity contribution in [2.45, 2.75) is 0 Å². The maximum Gasteiger partial charge on any atom is 0.270 e. The quantitative estimate of drug-likeness (QED) is 0.340. The van der Waals surface area contributed by atoms with Crippen molar-refractivity contribution in [1.82, 2.24) is 5.43 Å². The first-order chi connectivity index (χ1) is 10.1. The van der Waals surface area contributed by atoms with E-state index in [2.05, 4.69) is 15.8 Å². The predicted octanol–water partition coefficient (Wildman–Crippen LogP) is 0.996. The summed E-state index contributed by atoms with van der Waals surface area (Å²) in [6.45, 7) is 0. The average Bonchev–Trinajstić information content (AvgIpc) is 2.48. The van der Waals surface area contributed by atoms with E-state index in [0.717, 1.165) is 5.69 Å². The van der Waals surface area contributed by atoms with Crippen LogP contribution in [0.5, 0.6) is 0 Å². The van der Waals surface area contributed by atoms with Gasteiger partial charge in [0.2, 0.25) is 5.11 Å². The number of hydrogen-bond acceptors (Lipinski definition) is 3. The van der Waals surface area contributed by atoms with Crippen molar-refractivity contribution in [3.8, 4) is 0 Å². The molecule has 2 aromatic rings. The molecule has 21 heavy (non-hydrogen) atoms. The number of nitro benzene ring substituents is 1. The first-order valence-corrected chi connectivity index (χ1v) is 6.51. The molecule has 0 spiro atoms. The lowest BCUT2D eigenvalue weighted by atomic mass is 10.2. The summed E-state index contributed by atoms with van der Waals surface area (Å²) >= 11 is 5.11. The van der Waals surface area contributed by atoms with Gasteiger partial charge in [-0.25, -0.2) is 0 Å². The highest BCUT2D eigenvalue weighted by molar-refractivity contribution is 7.80. The third-order valence-electron chi connectivity index (χ3n) is 2.54. The summed E-state index contributed by atoms with van der Waals surface area (Å²) in [5.41, 5.74) is 4.34. The first kappa shape index (κ1) is 14.6. The van der Waals surface area contributed by atoms with Gasteiger partial charge in [0.1, 0.15) is 0 Å². The van der Waals surface area contributed by atoms with Crippen LogP contribution in [0.3, 0.4) is 0 Å². The molecule has 106 valence electrons. The SMILES string of the molecule is O=[N+]([O-])c1cccc(C=[NH+]NC(=S)Nc2ccccc2)c1. The summed E-state index contributed by atoms with van der Waals surface area (Å²) in [7, 11) is 0. The molecular weight excluding hydrogens is 288 g/mol. The Morgan fingerprint density at radius 2 is 1.95 bits per heavy atom. The van der Waals surface area contributed by atoms with Crippen molar-refractivity contribution >= 4 is 34.9 Å². The number of hydrogen-bond donors (Lipinski definition) is 3. The highest BCUT2D eigenvalue weighted by Crippen LogP contribution is 2.10. The van der Waals surface area contributed by atoms with Crippen molar-refractivity contribution in [3.05, 3.63) is 70.3 Å². The lowest BCUT2D eigenvalue weighted by molar-refractivity contribution is -0.499. The van der Waals surface area contributed by atoms with Crippen LogP contribution in [0.1, 0.15) is 5.56 Å². The summed E-state index contributed by atoms with van der Waals surface area (Å²) in [4.78, 5) is 10.2. The van der Waals surface area contributed by atoms with E-state index in [1.54, 1.807) is 18.3 Å². The van der Waals surface area contributed by atoms with E-state index in [1.807, 2.05) is 30.3 Å². The van der Waals surface area contributed by atoms with Gasteiger partial charge in [-0.15, -0.1) is 10.5 Å². The van der Waals surface area contributed by atoms with Crippen LogP contribution in [0.15, 0.2) is 54.6 Å². The van der Waals surface area contributed by atoms with Gasteiger partial charge in [-0.1, -0.05) is 24.3 Å². The molecule has 0 saturated carbocycles. The minimum atomic E-state index is -0.438. The monoisotopic (exact) mass is 301 g/mol. The number of nitrogens with zero attached hydrogens (tertiary/aromatic N) is 1. The van der Waals surface area contributed by atoms with E-state index < -0.39 is 4.92 Å². The molecule has 2 aromatic carbocycles. The zero-order chi connectivity index (χ0) is 15.1. The van der Waals surface area contributed by atoms with Crippen molar-refractivity contribution in [2.24, 2.45) is 0 Å².